The van der Waals surface area contributed by atoms with Crippen LogP contribution in [0.25, 0.3) is 0 Å². The summed E-state index contributed by atoms with van der Waals surface area (Å²) < 4.78 is 37.9. The minimum absolute atomic E-state index is 0. The van der Waals surface area contributed by atoms with Gasteiger partial charge in [-0.05, 0) is 32.1 Å². The van der Waals surface area contributed by atoms with E-state index in [0.717, 1.165) is 96.6 Å². The number of hydrogen-bond donors (Lipinski definition) is 0. The molecule has 8 heteroatoms. The molecule has 1 atom stereocenters. The van der Waals surface area contributed by atoms with Crippen molar-refractivity contribution in [2.75, 3.05) is 13.1 Å². The van der Waals surface area contributed by atoms with Crippen LogP contribution in [-0.4, -0.2) is 43.0 Å². The van der Waals surface area contributed by atoms with Gasteiger partial charge in [0, 0.05) is 19.5 Å². The van der Waals surface area contributed by atoms with E-state index < -0.39 is 16.5 Å². The van der Waals surface area contributed by atoms with Crippen LogP contribution in [0.4, 0.5) is 0 Å². The molecule has 0 rings (SSSR count). The van der Waals surface area contributed by atoms with Crippen molar-refractivity contribution in [3.8, 4) is 0 Å². The second-order valence-electron chi connectivity index (χ2n) is 9.43. The molecule has 0 heterocycles. The Kier molecular flexibility index (Phi) is 26.8. The van der Waals surface area contributed by atoms with Crippen LogP contribution < -0.4 is 29.6 Å². The molecule has 0 aromatic heterocycles. The maximum absolute atomic E-state index is 12.5. The standard InChI is InChI=1S/C26H53NO5S.Na/c1-4-7-10-11-14-17-20-25(32-33(29,30)31)21-18-15-12-13-16-19-22-26(28)27(23-8-5-2)24-9-6-3;/h25H,4-24H2,1-3H3,(H,29,30,31);/q;+1/p-1. The molecule has 6 nitrogen and oxygen atoms in total. The van der Waals surface area contributed by atoms with Gasteiger partial charge in [-0.15, -0.1) is 0 Å². The summed E-state index contributed by atoms with van der Waals surface area (Å²) in [6.45, 7) is 8.27. The van der Waals surface area contributed by atoms with E-state index >= 15 is 0 Å². The van der Waals surface area contributed by atoms with E-state index in [0.29, 0.717) is 25.2 Å². The summed E-state index contributed by atoms with van der Waals surface area (Å²) in [6.07, 6.45) is 18.6. The van der Waals surface area contributed by atoms with Crippen molar-refractivity contribution in [3.05, 3.63) is 0 Å². The number of hydrogen-bond acceptors (Lipinski definition) is 5. The number of rotatable bonds is 24. The predicted octanol–water partition coefficient (Wildman–Crippen LogP) is 4.14. The van der Waals surface area contributed by atoms with E-state index in [4.69, 9.17) is 4.18 Å². The number of amides is 1. The third-order valence-electron chi connectivity index (χ3n) is 6.22. The molecule has 0 aliphatic rings. The van der Waals surface area contributed by atoms with Crippen molar-refractivity contribution in [3.63, 3.8) is 0 Å². The average molecular weight is 514 g/mol. The van der Waals surface area contributed by atoms with Gasteiger partial charge in [0.2, 0.25) is 16.3 Å². The topological polar surface area (TPSA) is 86.7 Å². The molecular formula is C26H52NNaO5S. The van der Waals surface area contributed by atoms with Crippen LogP contribution in [0.2, 0.25) is 0 Å². The largest absolute Gasteiger partial charge is 1.00 e. The molecule has 0 aromatic carbocycles. The predicted molar refractivity (Wildman–Crippen MR) is 136 cm³/mol. The Morgan fingerprint density at radius 1 is 0.706 bits per heavy atom. The van der Waals surface area contributed by atoms with E-state index in [1.807, 2.05) is 4.90 Å². The number of unbranched alkanes of at least 4 members (excludes halogenated alkanes) is 12. The summed E-state index contributed by atoms with van der Waals surface area (Å²) in [5.74, 6) is 0.297. The SMILES string of the molecule is CCCCCCCCC(CCCCCCCCC(=O)N(CCCC)CCCC)OS(=O)(=O)[O-].[Na+]. The van der Waals surface area contributed by atoms with Gasteiger partial charge in [-0.3, -0.25) is 8.98 Å². The summed E-state index contributed by atoms with van der Waals surface area (Å²) in [6, 6.07) is 0. The van der Waals surface area contributed by atoms with E-state index in [2.05, 4.69) is 20.8 Å². The molecule has 0 aromatic rings. The maximum atomic E-state index is 12.5. The summed E-state index contributed by atoms with van der Waals surface area (Å²) in [4.78, 5) is 14.5. The third kappa shape index (κ3) is 24.1. The number of carbonyl (C=O) groups is 1. The fourth-order valence-electron chi connectivity index (χ4n) is 4.13. The molecule has 0 spiro atoms. The molecule has 1 unspecified atom stereocenters. The van der Waals surface area contributed by atoms with Crippen LogP contribution in [0.3, 0.4) is 0 Å². The monoisotopic (exact) mass is 513 g/mol. The minimum Gasteiger partial charge on any atom is -0.726 e. The number of nitrogens with zero attached hydrogens (tertiary/aromatic N) is 1. The van der Waals surface area contributed by atoms with Crippen LogP contribution in [0.15, 0.2) is 0 Å². The Hall–Kier alpha value is 0.340. The zero-order chi connectivity index (χ0) is 24.8. The second-order valence-corrected chi connectivity index (χ2v) is 10.4. The van der Waals surface area contributed by atoms with Crippen LogP contribution in [0.1, 0.15) is 143 Å². The van der Waals surface area contributed by atoms with Crippen LogP contribution in [-0.2, 0) is 19.4 Å². The Morgan fingerprint density at radius 3 is 1.56 bits per heavy atom. The zero-order valence-corrected chi connectivity index (χ0v) is 25.6. The maximum Gasteiger partial charge on any atom is 1.00 e. The van der Waals surface area contributed by atoms with Gasteiger partial charge in [-0.1, -0.05) is 104 Å². The molecule has 0 aliphatic carbocycles. The van der Waals surface area contributed by atoms with E-state index in [9.17, 15) is 17.8 Å². The Balaban J connectivity index is 0. The Labute approximate surface area is 233 Å². The number of carbonyl (C=O) groups excluding carboxylic acids is 1. The molecule has 0 saturated heterocycles. The van der Waals surface area contributed by atoms with Crippen LogP contribution in [0, 0.1) is 0 Å². The molecule has 0 aliphatic heterocycles. The quantitative estimate of drug-likeness (QED) is 0.0838. The summed E-state index contributed by atoms with van der Waals surface area (Å²) in [5.41, 5.74) is 0. The fourth-order valence-corrected chi connectivity index (χ4v) is 4.66. The first kappa shape index (κ1) is 36.5. The Morgan fingerprint density at radius 2 is 1.12 bits per heavy atom. The first-order chi connectivity index (χ1) is 15.8. The summed E-state index contributed by atoms with van der Waals surface area (Å²) in [7, 11) is -4.64. The average Bonchev–Trinajstić information content (AvgIpc) is 2.76. The van der Waals surface area contributed by atoms with E-state index in [-0.39, 0.29) is 29.6 Å². The van der Waals surface area contributed by atoms with Gasteiger partial charge in [-0.2, -0.15) is 0 Å². The van der Waals surface area contributed by atoms with Gasteiger partial charge in [0.05, 0.1) is 6.10 Å². The molecule has 0 saturated carbocycles. The van der Waals surface area contributed by atoms with Crippen molar-refractivity contribution in [1.82, 2.24) is 4.90 Å². The fraction of sp³-hybridized carbons (Fsp3) is 0.962. The van der Waals surface area contributed by atoms with Gasteiger partial charge in [0.25, 0.3) is 0 Å². The Bertz CT molecular complexity index is 551. The van der Waals surface area contributed by atoms with Crippen molar-refractivity contribution in [2.45, 2.75) is 149 Å². The van der Waals surface area contributed by atoms with Gasteiger partial charge in [-0.25, -0.2) is 8.42 Å². The van der Waals surface area contributed by atoms with Crippen molar-refractivity contribution >= 4 is 16.3 Å². The molecule has 0 fully saturated rings. The first-order valence-corrected chi connectivity index (χ1v) is 15.1. The third-order valence-corrected chi connectivity index (χ3v) is 6.72. The molecule has 1 amide bonds. The van der Waals surface area contributed by atoms with Crippen molar-refractivity contribution in [2.24, 2.45) is 0 Å². The van der Waals surface area contributed by atoms with Gasteiger partial charge >= 0.3 is 29.6 Å². The summed E-state index contributed by atoms with van der Waals surface area (Å²) in [5, 5.41) is 0. The minimum atomic E-state index is -4.64. The van der Waals surface area contributed by atoms with Crippen molar-refractivity contribution in [1.29, 1.82) is 0 Å². The van der Waals surface area contributed by atoms with Crippen LogP contribution in [0.5, 0.6) is 0 Å². The van der Waals surface area contributed by atoms with Crippen LogP contribution >= 0.6 is 0 Å². The molecule has 0 N–H and O–H groups in total. The molecule has 0 radical (unpaired) electrons. The normalized spacial score (nSPS) is 12.4. The molecule has 198 valence electrons. The molecule has 34 heavy (non-hydrogen) atoms. The van der Waals surface area contributed by atoms with Gasteiger partial charge in [0.1, 0.15) is 0 Å². The summed E-state index contributed by atoms with van der Waals surface area (Å²) >= 11 is 0. The first-order valence-electron chi connectivity index (χ1n) is 13.8. The second kappa shape index (κ2) is 25.0. The van der Waals surface area contributed by atoms with Gasteiger partial charge < -0.3 is 9.45 Å². The smallest absolute Gasteiger partial charge is 0.726 e. The van der Waals surface area contributed by atoms with Gasteiger partial charge in [0.15, 0.2) is 0 Å². The molecular weight excluding hydrogens is 461 g/mol. The van der Waals surface area contributed by atoms with E-state index in [1.54, 1.807) is 0 Å². The van der Waals surface area contributed by atoms with E-state index in [1.165, 1.54) is 19.3 Å². The zero-order valence-electron chi connectivity index (χ0n) is 22.8. The van der Waals surface area contributed by atoms with Crippen molar-refractivity contribution < 1.29 is 51.5 Å². The molecule has 0 bridgehead atoms.